The topological polar surface area (TPSA) is 78.8 Å². The molecular formula is C15H22N6O. The highest BCUT2D eigenvalue weighted by atomic mass is 16.2. The number of aromatic nitrogens is 4. The zero-order valence-electron chi connectivity index (χ0n) is 13.0. The van der Waals surface area contributed by atoms with E-state index in [4.69, 9.17) is 0 Å². The minimum atomic E-state index is -0.186. The number of piperidine rings is 1. The van der Waals surface area contributed by atoms with E-state index in [1.54, 1.807) is 4.57 Å². The molecule has 1 aliphatic heterocycles. The summed E-state index contributed by atoms with van der Waals surface area (Å²) in [7, 11) is 0. The van der Waals surface area contributed by atoms with Gasteiger partial charge in [0.15, 0.2) is 0 Å². The molecule has 0 unspecified atom stereocenters. The van der Waals surface area contributed by atoms with Gasteiger partial charge in [0.25, 0.3) is 11.9 Å². The second-order valence-corrected chi connectivity index (χ2v) is 5.95. The Morgan fingerprint density at radius 2 is 2.00 bits per heavy atom. The third-order valence-corrected chi connectivity index (χ3v) is 4.12. The summed E-state index contributed by atoms with van der Waals surface area (Å²) >= 11 is 0. The summed E-state index contributed by atoms with van der Waals surface area (Å²) in [4.78, 5) is 18.9. The van der Waals surface area contributed by atoms with Gasteiger partial charge in [-0.1, -0.05) is 0 Å². The van der Waals surface area contributed by atoms with E-state index in [2.05, 4.69) is 39.2 Å². The monoisotopic (exact) mass is 302 g/mol. The maximum absolute atomic E-state index is 12.2. The molecule has 0 bridgehead atoms. The van der Waals surface area contributed by atoms with Crippen molar-refractivity contribution >= 4 is 5.91 Å². The summed E-state index contributed by atoms with van der Waals surface area (Å²) < 4.78 is 1.76. The first-order valence-corrected chi connectivity index (χ1v) is 7.74. The number of rotatable bonds is 4. The molecule has 1 aliphatic rings. The van der Waals surface area contributed by atoms with Crippen LogP contribution in [0.4, 0.5) is 0 Å². The Kier molecular flexibility index (Phi) is 4.24. The van der Waals surface area contributed by atoms with E-state index in [-0.39, 0.29) is 17.8 Å². The number of aromatic amines is 1. The molecule has 2 aromatic rings. The Hall–Kier alpha value is -2.15. The zero-order chi connectivity index (χ0) is 15.5. The number of hydrogen-bond acceptors (Lipinski definition) is 4. The van der Waals surface area contributed by atoms with E-state index in [0.29, 0.717) is 12.0 Å². The molecule has 2 aromatic heterocycles. The van der Waals surface area contributed by atoms with Crippen LogP contribution in [0.2, 0.25) is 0 Å². The van der Waals surface area contributed by atoms with Crippen molar-refractivity contribution in [3.63, 3.8) is 0 Å². The van der Waals surface area contributed by atoms with Gasteiger partial charge in [0.05, 0.1) is 0 Å². The molecule has 0 radical (unpaired) electrons. The SMILES string of the molecule is CC(C)N1CCC(NC(=O)c2nc(-n3cccc3)n[nH]2)CC1. The van der Waals surface area contributed by atoms with Crippen molar-refractivity contribution in [2.45, 2.75) is 38.8 Å². The predicted molar refractivity (Wildman–Crippen MR) is 82.9 cm³/mol. The van der Waals surface area contributed by atoms with Crippen LogP contribution in [0.5, 0.6) is 0 Å². The molecule has 22 heavy (non-hydrogen) atoms. The highest BCUT2D eigenvalue weighted by Crippen LogP contribution is 2.13. The summed E-state index contributed by atoms with van der Waals surface area (Å²) in [6, 6.07) is 4.55. The van der Waals surface area contributed by atoms with Crippen molar-refractivity contribution in [2.24, 2.45) is 0 Å². The molecular weight excluding hydrogens is 280 g/mol. The average Bonchev–Trinajstić information content (AvgIpc) is 3.19. The lowest BCUT2D eigenvalue weighted by atomic mass is 10.0. The standard InChI is InChI=1S/C15H22N6O/c1-11(2)20-9-5-12(6-10-20)16-14(22)13-17-15(19-18-13)21-7-3-4-8-21/h3-4,7-8,11-12H,5-6,9-10H2,1-2H3,(H,16,22)(H,17,18,19). The lowest BCUT2D eigenvalue weighted by Gasteiger charge is -2.34. The normalized spacial score (nSPS) is 17.0. The Bertz CT molecular complexity index is 610. The third kappa shape index (κ3) is 3.19. The number of nitrogens with one attached hydrogen (secondary N) is 2. The fraction of sp³-hybridized carbons (Fsp3) is 0.533. The highest BCUT2D eigenvalue weighted by molar-refractivity contribution is 5.90. The van der Waals surface area contributed by atoms with Gasteiger partial charge >= 0.3 is 0 Å². The van der Waals surface area contributed by atoms with E-state index in [9.17, 15) is 4.79 Å². The molecule has 1 amide bonds. The molecule has 1 fully saturated rings. The minimum Gasteiger partial charge on any atom is -0.347 e. The van der Waals surface area contributed by atoms with E-state index in [0.717, 1.165) is 25.9 Å². The largest absolute Gasteiger partial charge is 0.347 e. The third-order valence-electron chi connectivity index (χ3n) is 4.12. The summed E-state index contributed by atoms with van der Waals surface area (Å²) in [6.07, 6.45) is 5.63. The number of likely N-dealkylation sites (tertiary alicyclic amines) is 1. The molecule has 0 saturated carbocycles. The fourth-order valence-electron chi connectivity index (χ4n) is 2.75. The Morgan fingerprint density at radius 3 is 2.64 bits per heavy atom. The van der Waals surface area contributed by atoms with Crippen molar-refractivity contribution in [1.29, 1.82) is 0 Å². The molecule has 1 saturated heterocycles. The van der Waals surface area contributed by atoms with Gasteiger partial charge in [0.1, 0.15) is 0 Å². The second kappa shape index (κ2) is 6.31. The van der Waals surface area contributed by atoms with Crippen LogP contribution in [0.15, 0.2) is 24.5 Å². The van der Waals surface area contributed by atoms with Gasteiger partial charge in [-0.05, 0) is 38.8 Å². The van der Waals surface area contributed by atoms with Gasteiger partial charge < -0.3 is 10.2 Å². The molecule has 7 nitrogen and oxygen atoms in total. The first-order chi connectivity index (χ1) is 10.6. The number of nitrogens with zero attached hydrogens (tertiary/aromatic N) is 4. The summed E-state index contributed by atoms with van der Waals surface area (Å²) in [5.41, 5.74) is 0. The molecule has 0 atom stereocenters. The zero-order valence-corrected chi connectivity index (χ0v) is 13.0. The van der Waals surface area contributed by atoms with E-state index >= 15 is 0 Å². The Labute approximate surface area is 129 Å². The molecule has 3 rings (SSSR count). The number of carbonyl (C=O) groups excluding carboxylic acids is 1. The Balaban J connectivity index is 1.57. The molecule has 0 aromatic carbocycles. The lowest BCUT2D eigenvalue weighted by Crippen LogP contribution is -2.46. The van der Waals surface area contributed by atoms with Crippen LogP contribution in [-0.4, -0.2) is 55.7 Å². The predicted octanol–water partition coefficient (Wildman–Crippen LogP) is 1.20. The number of amides is 1. The summed E-state index contributed by atoms with van der Waals surface area (Å²) in [6.45, 7) is 6.45. The van der Waals surface area contributed by atoms with Crippen molar-refractivity contribution in [2.75, 3.05) is 13.1 Å². The van der Waals surface area contributed by atoms with Crippen LogP contribution in [0, 0.1) is 0 Å². The van der Waals surface area contributed by atoms with Crippen molar-refractivity contribution < 1.29 is 4.79 Å². The minimum absolute atomic E-state index is 0.186. The fourth-order valence-corrected chi connectivity index (χ4v) is 2.75. The summed E-state index contributed by atoms with van der Waals surface area (Å²) in [5.74, 6) is 0.550. The molecule has 118 valence electrons. The van der Waals surface area contributed by atoms with Gasteiger partial charge in [-0.25, -0.2) is 0 Å². The average molecular weight is 302 g/mol. The lowest BCUT2D eigenvalue weighted by molar-refractivity contribution is 0.0890. The second-order valence-electron chi connectivity index (χ2n) is 5.95. The molecule has 0 aliphatic carbocycles. The number of hydrogen-bond donors (Lipinski definition) is 2. The van der Waals surface area contributed by atoms with E-state index in [1.165, 1.54) is 0 Å². The molecule has 2 N–H and O–H groups in total. The van der Waals surface area contributed by atoms with Crippen LogP contribution in [0.1, 0.15) is 37.3 Å². The maximum Gasteiger partial charge on any atom is 0.288 e. The van der Waals surface area contributed by atoms with Crippen LogP contribution in [-0.2, 0) is 0 Å². The smallest absolute Gasteiger partial charge is 0.288 e. The van der Waals surface area contributed by atoms with Crippen molar-refractivity contribution in [3.8, 4) is 5.95 Å². The maximum atomic E-state index is 12.2. The molecule has 0 spiro atoms. The van der Waals surface area contributed by atoms with Gasteiger partial charge in [0, 0.05) is 37.6 Å². The number of carbonyl (C=O) groups is 1. The summed E-state index contributed by atoms with van der Waals surface area (Å²) in [5, 5.41) is 9.82. The van der Waals surface area contributed by atoms with Gasteiger partial charge in [-0.3, -0.25) is 14.5 Å². The number of H-pyrrole nitrogens is 1. The van der Waals surface area contributed by atoms with Crippen molar-refractivity contribution in [1.82, 2.24) is 30.0 Å². The van der Waals surface area contributed by atoms with Crippen LogP contribution < -0.4 is 5.32 Å². The molecule has 7 heteroatoms. The molecule has 3 heterocycles. The van der Waals surface area contributed by atoms with Crippen molar-refractivity contribution in [3.05, 3.63) is 30.4 Å². The van der Waals surface area contributed by atoms with E-state index in [1.807, 2.05) is 24.5 Å². The van der Waals surface area contributed by atoms with Gasteiger partial charge in [-0.15, -0.1) is 5.10 Å². The van der Waals surface area contributed by atoms with Crippen LogP contribution in [0.25, 0.3) is 5.95 Å². The first kappa shape index (κ1) is 14.8. The quantitative estimate of drug-likeness (QED) is 0.889. The van der Waals surface area contributed by atoms with Crippen LogP contribution >= 0.6 is 0 Å². The van der Waals surface area contributed by atoms with Gasteiger partial charge in [-0.2, -0.15) is 4.98 Å². The first-order valence-electron chi connectivity index (χ1n) is 7.74. The Morgan fingerprint density at radius 1 is 1.32 bits per heavy atom. The van der Waals surface area contributed by atoms with E-state index < -0.39 is 0 Å². The highest BCUT2D eigenvalue weighted by Gasteiger charge is 2.23. The van der Waals surface area contributed by atoms with Gasteiger partial charge in [0.2, 0.25) is 5.82 Å². The van der Waals surface area contributed by atoms with Crippen LogP contribution in [0.3, 0.4) is 0 Å².